The van der Waals surface area contributed by atoms with Gasteiger partial charge in [-0.3, -0.25) is 9.59 Å². The maximum absolute atomic E-state index is 13.4. The van der Waals surface area contributed by atoms with E-state index in [1.54, 1.807) is 12.1 Å². The molecule has 5 rings (SSSR count). The van der Waals surface area contributed by atoms with E-state index in [4.69, 9.17) is 0 Å². The smallest absolute Gasteiger partial charge is 0.508 e. The molecule has 10 heteroatoms. The highest BCUT2D eigenvalue weighted by atomic mass is 19.4. The van der Waals surface area contributed by atoms with E-state index in [9.17, 15) is 27.9 Å². The first-order valence-corrected chi connectivity index (χ1v) is 13.6. The maximum Gasteiger partial charge on any atom is 0.573 e. The summed E-state index contributed by atoms with van der Waals surface area (Å²) in [5, 5.41) is 12.6. The molecular formula is C29H34F3N3O4. The highest BCUT2D eigenvalue weighted by molar-refractivity contribution is 5.91. The fraction of sp³-hybridized carbons (Fsp3) is 0.517. The molecule has 210 valence electrons. The van der Waals surface area contributed by atoms with E-state index in [1.165, 1.54) is 24.3 Å². The SMILES string of the molecule is O=C(Cc1ccc(OC(F)(F)F)cc1)NC1CCN(C2CCN(C(=O)C3(c4ccc(O)cc4)CC3)CC2)CC1. The number of benzene rings is 2. The van der Waals surface area contributed by atoms with Gasteiger partial charge in [-0.15, -0.1) is 13.2 Å². The normalized spacial score (nSPS) is 20.4. The number of nitrogens with zero attached hydrogens (tertiary/aromatic N) is 2. The fourth-order valence-corrected chi connectivity index (χ4v) is 5.95. The Morgan fingerprint density at radius 3 is 2.10 bits per heavy atom. The van der Waals surface area contributed by atoms with Crippen LogP contribution in [0.5, 0.6) is 11.5 Å². The Morgan fingerprint density at radius 1 is 0.923 bits per heavy atom. The number of halogens is 3. The molecule has 2 saturated heterocycles. The average molecular weight is 546 g/mol. The summed E-state index contributed by atoms with van der Waals surface area (Å²) in [7, 11) is 0. The van der Waals surface area contributed by atoms with Gasteiger partial charge in [0.05, 0.1) is 11.8 Å². The van der Waals surface area contributed by atoms with Crippen molar-refractivity contribution < 1.29 is 32.6 Å². The van der Waals surface area contributed by atoms with Crippen LogP contribution < -0.4 is 10.1 Å². The average Bonchev–Trinajstić information content (AvgIpc) is 3.72. The van der Waals surface area contributed by atoms with E-state index >= 15 is 0 Å². The molecule has 2 aromatic rings. The lowest BCUT2D eigenvalue weighted by atomic mass is 9.92. The minimum absolute atomic E-state index is 0.0725. The molecule has 3 fully saturated rings. The Kier molecular flexibility index (Phi) is 7.75. The van der Waals surface area contributed by atoms with Crippen molar-refractivity contribution >= 4 is 11.8 Å². The van der Waals surface area contributed by atoms with Crippen molar-refractivity contribution in [2.24, 2.45) is 0 Å². The molecule has 1 aliphatic carbocycles. The zero-order valence-corrected chi connectivity index (χ0v) is 21.8. The number of hydrogen-bond donors (Lipinski definition) is 2. The quantitative estimate of drug-likeness (QED) is 0.547. The molecule has 3 aliphatic rings. The molecule has 2 aliphatic heterocycles. The van der Waals surface area contributed by atoms with Gasteiger partial charge in [-0.05, 0) is 73.9 Å². The number of carbonyl (C=O) groups excluding carboxylic acids is 2. The van der Waals surface area contributed by atoms with Gasteiger partial charge in [-0.2, -0.15) is 0 Å². The van der Waals surface area contributed by atoms with Crippen LogP contribution in [0, 0.1) is 0 Å². The Morgan fingerprint density at radius 2 is 1.54 bits per heavy atom. The minimum atomic E-state index is -4.74. The molecule has 2 amide bonds. The second-order valence-electron chi connectivity index (χ2n) is 10.9. The molecule has 0 radical (unpaired) electrons. The van der Waals surface area contributed by atoms with Crippen LogP contribution >= 0.6 is 0 Å². The van der Waals surface area contributed by atoms with Crippen LogP contribution in [0.1, 0.15) is 49.7 Å². The number of rotatable bonds is 7. The highest BCUT2D eigenvalue weighted by Gasteiger charge is 2.53. The Labute approximate surface area is 225 Å². The molecule has 39 heavy (non-hydrogen) atoms. The van der Waals surface area contributed by atoms with Gasteiger partial charge in [0.25, 0.3) is 0 Å². The van der Waals surface area contributed by atoms with Gasteiger partial charge in [-0.25, -0.2) is 0 Å². The third-order valence-electron chi connectivity index (χ3n) is 8.26. The molecule has 0 atom stereocenters. The van der Waals surface area contributed by atoms with Crippen molar-refractivity contribution in [2.45, 2.75) is 68.8 Å². The molecule has 0 unspecified atom stereocenters. The van der Waals surface area contributed by atoms with Gasteiger partial charge < -0.3 is 25.0 Å². The van der Waals surface area contributed by atoms with E-state index in [0.717, 1.165) is 70.3 Å². The van der Waals surface area contributed by atoms with Crippen LogP contribution in [0.25, 0.3) is 0 Å². The Bertz CT molecular complexity index is 1150. The number of alkyl halides is 3. The number of piperidine rings is 2. The first-order valence-electron chi connectivity index (χ1n) is 13.6. The van der Waals surface area contributed by atoms with Crippen molar-refractivity contribution in [3.8, 4) is 11.5 Å². The molecule has 2 N–H and O–H groups in total. The summed E-state index contributed by atoms with van der Waals surface area (Å²) in [5.74, 6) is -0.0408. The lowest BCUT2D eigenvalue weighted by Gasteiger charge is -2.42. The standard InChI is InChI=1S/C29H34F3N3O4/c30-29(31,32)39-25-7-1-20(2-8-25)19-26(37)33-22-9-15-34(16-10-22)23-11-17-35(18-12-23)27(38)28(13-14-28)21-3-5-24(36)6-4-21/h1-8,22-23,36H,9-19H2,(H,33,37). The Balaban J connectivity index is 1.03. The number of carbonyl (C=O) groups is 2. The van der Waals surface area contributed by atoms with Crippen LogP contribution in [0.4, 0.5) is 13.2 Å². The lowest BCUT2D eigenvalue weighted by Crippen LogP contribution is -2.53. The topological polar surface area (TPSA) is 82.1 Å². The van der Waals surface area contributed by atoms with Gasteiger partial charge in [0.15, 0.2) is 0 Å². The van der Waals surface area contributed by atoms with Gasteiger partial charge in [0.1, 0.15) is 11.5 Å². The van der Waals surface area contributed by atoms with Crippen molar-refractivity contribution in [3.05, 3.63) is 59.7 Å². The summed E-state index contributed by atoms with van der Waals surface area (Å²) in [5.41, 5.74) is 1.19. The predicted molar refractivity (Wildman–Crippen MR) is 138 cm³/mol. The van der Waals surface area contributed by atoms with Gasteiger partial charge in [-0.1, -0.05) is 24.3 Å². The first-order chi connectivity index (χ1) is 18.6. The minimum Gasteiger partial charge on any atom is -0.508 e. The summed E-state index contributed by atoms with van der Waals surface area (Å²) in [6, 6.07) is 12.9. The second-order valence-corrected chi connectivity index (χ2v) is 10.9. The number of likely N-dealkylation sites (tertiary alicyclic amines) is 2. The number of hydrogen-bond acceptors (Lipinski definition) is 5. The van der Waals surface area contributed by atoms with E-state index in [0.29, 0.717) is 11.6 Å². The second kappa shape index (κ2) is 11.1. The van der Waals surface area contributed by atoms with Crippen LogP contribution in [0.2, 0.25) is 0 Å². The molecule has 2 heterocycles. The number of phenolic OH excluding ortho intramolecular Hbond substituents is 1. The van der Waals surface area contributed by atoms with Crippen molar-refractivity contribution in [1.82, 2.24) is 15.1 Å². The zero-order chi connectivity index (χ0) is 27.6. The van der Waals surface area contributed by atoms with Crippen LogP contribution in [0.15, 0.2) is 48.5 Å². The third kappa shape index (κ3) is 6.66. The summed E-state index contributed by atoms with van der Waals surface area (Å²) in [4.78, 5) is 30.3. The van der Waals surface area contributed by atoms with Crippen LogP contribution in [0.3, 0.4) is 0 Å². The largest absolute Gasteiger partial charge is 0.573 e. The summed E-state index contributed by atoms with van der Waals surface area (Å²) in [6.45, 7) is 3.24. The molecular weight excluding hydrogens is 511 g/mol. The third-order valence-corrected chi connectivity index (χ3v) is 8.26. The van der Waals surface area contributed by atoms with E-state index in [1.807, 2.05) is 17.0 Å². The molecule has 1 saturated carbocycles. The van der Waals surface area contributed by atoms with Crippen molar-refractivity contribution in [3.63, 3.8) is 0 Å². The van der Waals surface area contributed by atoms with Gasteiger partial charge in [0, 0.05) is 38.3 Å². The van der Waals surface area contributed by atoms with Crippen molar-refractivity contribution in [1.29, 1.82) is 0 Å². The van der Waals surface area contributed by atoms with Crippen LogP contribution in [-0.2, 0) is 21.4 Å². The fourth-order valence-electron chi connectivity index (χ4n) is 5.95. The predicted octanol–water partition coefficient (Wildman–Crippen LogP) is 4.14. The molecule has 0 spiro atoms. The summed E-state index contributed by atoms with van der Waals surface area (Å²) < 4.78 is 40.8. The number of phenols is 1. The zero-order valence-electron chi connectivity index (χ0n) is 21.8. The number of nitrogens with one attached hydrogen (secondary N) is 1. The van der Waals surface area contributed by atoms with E-state index < -0.39 is 11.8 Å². The van der Waals surface area contributed by atoms with Crippen molar-refractivity contribution in [2.75, 3.05) is 26.2 Å². The molecule has 0 aromatic heterocycles. The van der Waals surface area contributed by atoms with E-state index in [-0.39, 0.29) is 35.8 Å². The monoisotopic (exact) mass is 545 g/mol. The number of ether oxygens (including phenoxy) is 1. The summed E-state index contributed by atoms with van der Waals surface area (Å²) in [6.07, 6.45) is 0.618. The van der Waals surface area contributed by atoms with E-state index in [2.05, 4.69) is 15.0 Å². The number of amides is 2. The highest BCUT2D eigenvalue weighted by Crippen LogP contribution is 2.50. The first kappa shape index (κ1) is 27.3. The Hall–Kier alpha value is -3.27. The molecule has 7 nitrogen and oxygen atoms in total. The lowest BCUT2D eigenvalue weighted by molar-refractivity contribution is -0.274. The number of aromatic hydroxyl groups is 1. The van der Waals surface area contributed by atoms with Crippen LogP contribution in [-0.4, -0.2) is 71.3 Å². The summed E-state index contributed by atoms with van der Waals surface area (Å²) >= 11 is 0. The maximum atomic E-state index is 13.4. The van der Waals surface area contributed by atoms with Gasteiger partial charge >= 0.3 is 6.36 Å². The molecule has 0 bridgehead atoms. The molecule has 2 aromatic carbocycles. The van der Waals surface area contributed by atoms with Gasteiger partial charge in [0.2, 0.25) is 11.8 Å².